The molecular formula is C12H18ClFN2OS. The Morgan fingerprint density at radius 2 is 2.00 bits per heavy atom. The van der Waals surface area contributed by atoms with E-state index in [1.165, 1.54) is 12.1 Å². The zero-order valence-electron chi connectivity index (χ0n) is 10.0. The van der Waals surface area contributed by atoms with Crippen molar-refractivity contribution in [2.75, 3.05) is 18.8 Å². The first-order valence-corrected chi connectivity index (χ1v) is 6.56. The third-order valence-electron chi connectivity index (χ3n) is 2.11. The van der Waals surface area contributed by atoms with Gasteiger partial charge in [-0.05, 0) is 37.2 Å². The van der Waals surface area contributed by atoms with E-state index < -0.39 is 0 Å². The third kappa shape index (κ3) is 7.53. The highest BCUT2D eigenvalue weighted by atomic mass is 35.5. The minimum absolute atomic E-state index is 0. The minimum Gasteiger partial charge on any atom is -0.356 e. The second kappa shape index (κ2) is 10.2. The largest absolute Gasteiger partial charge is 0.356 e. The van der Waals surface area contributed by atoms with Gasteiger partial charge in [0.2, 0.25) is 5.91 Å². The lowest BCUT2D eigenvalue weighted by Gasteiger charge is -2.04. The van der Waals surface area contributed by atoms with Gasteiger partial charge in [-0.3, -0.25) is 4.79 Å². The minimum atomic E-state index is -0.242. The number of thioether (sulfide) groups is 1. The summed E-state index contributed by atoms with van der Waals surface area (Å²) in [5, 5.41) is 2.79. The Morgan fingerprint density at radius 1 is 1.33 bits per heavy atom. The van der Waals surface area contributed by atoms with Crippen LogP contribution in [0.1, 0.15) is 12.8 Å². The first-order valence-electron chi connectivity index (χ1n) is 5.57. The predicted molar refractivity (Wildman–Crippen MR) is 75.7 cm³/mol. The second-order valence-corrected chi connectivity index (χ2v) is 4.71. The molecule has 0 fully saturated rings. The summed E-state index contributed by atoms with van der Waals surface area (Å²) in [7, 11) is 0. The van der Waals surface area contributed by atoms with Crippen LogP contribution >= 0.6 is 24.2 Å². The summed E-state index contributed by atoms with van der Waals surface area (Å²) < 4.78 is 12.6. The fraction of sp³-hybridized carbons (Fsp3) is 0.417. The van der Waals surface area contributed by atoms with Crippen molar-refractivity contribution >= 4 is 30.1 Å². The third-order valence-corrected chi connectivity index (χ3v) is 3.13. The molecule has 0 aliphatic carbocycles. The van der Waals surface area contributed by atoms with Crippen molar-refractivity contribution in [1.82, 2.24) is 5.32 Å². The molecule has 0 saturated heterocycles. The lowest BCUT2D eigenvalue weighted by molar-refractivity contribution is -0.120. The van der Waals surface area contributed by atoms with Crippen LogP contribution in [-0.2, 0) is 4.79 Å². The van der Waals surface area contributed by atoms with Gasteiger partial charge in [-0.25, -0.2) is 4.39 Å². The van der Waals surface area contributed by atoms with Gasteiger partial charge < -0.3 is 11.1 Å². The van der Waals surface area contributed by atoms with Gasteiger partial charge in [-0.1, -0.05) is 0 Å². The number of hydrogen-bond acceptors (Lipinski definition) is 3. The molecule has 1 aromatic carbocycles. The molecule has 3 nitrogen and oxygen atoms in total. The Kier molecular flexibility index (Phi) is 9.73. The van der Waals surface area contributed by atoms with Crippen molar-refractivity contribution in [3.05, 3.63) is 30.1 Å². The van der Waals surface area contributed by atoms with E-state index >= 15 is 0 Å². The van der Waals surface area contributed by atoms with E-state index in [1.807, 2.05) is 0 Å². The number of benzene rings is 1. The van der Waals surface area contributed by atoms with Gasteiger partial charge in [0.25, 0.3) is 0 Å². The number of nitrogens with two attached hydrogens (primary N) is 1. The summed E-state index contributed by atoms with van der Waals surface area (Å²) >= 11 is 1.54. The molecule has 0 saturated carbocycles. The molecule has 6 heteroatoms. The first-order chi connectivity index (χ1) is 8.22. The van der Waals surface area contributed by atoms with E-state index in [2.05, 4.69) is 5.32 Å². The Morgan fingerprint density at radius 3 is 2.61 bits per heavy atom. The maximum atomic E-state index is 12.6. The first kappa shape index (κ1) is 17.2. The van der Waals surface area contributed by atoms with Gasteiger partial charge in [0, 0.05) is 23.6 Å². The van der Waals surface area contributed by atoms with E-state index in [1.54, 1.807) is 23.9 Å². The maximum Gasteiger partial charge on any atom is 0.220 e. The van der Waals surface area contributed by atoms with Gasteiger partial charge in [0.1, 0.15) is 5.82 Å². The van der Waals surface area contributed by atoms with Gasteiger partial charge in [0.15, 0.2) is 0 Å². The highest BCUT2D eigenvalue weighted by molar-refractivity contribution is 7.99. The van der Waals surface area contributed by atoms with Crippen LogP contribution in [0.4, 0.5) is 4.39 Å². The number of amides is 1. The van der Waals surface area contributed by atoms with Gasteiger partial charge in [-0.15, -0.1) is 24.2 Å². The molecule has 1 amide bonds. The zero-order chi connectivity index (χ0) is 12.5. The quantitative estimate of drug-likeness (QED) is 0.598. The number of carbonyl (C=O) groups excluding carboxylic acids is 1. The average Bonchev–Trinajstić information content (AvgIpc) is 2.32. The SMILES string of the molecule is Cl.NCCCNC(=O)CCSc1ccc(F)cc1. The van der Waals surface area contributed by atoms with Crippen molar-refractivity contribution in [3.8, 4) is 0 Å². The Balaban J connectivity index is 0.00000289. The maximum absolute atomic E-state index is 12.6. The smallest absolute Gasteiger partial charge is 0.220 e. The molecular weight excluding hydrogens is 275 g/mol. The number of halogens is 2. The van der Waals surface area contributed by atoms with Crippen molar-refractivity contribution in [2.45, 2.75) is 17.7 Å². The Bertz CT molecular complexity index is 348. The summed E-state index contributed by atoms with van der Waals surface area (Å²) in [6.45, 7) is 1.22. The highest BCUT2D eigenvalue weighted by Gasteiger charge is 2.01. The van der Waals surface area contributed by atoms with Gasteiger partial charge >= 0.3 is 0 Å². The summed E-state index contributed by atoms with van der Waals surface area (Å²) in [4.78, 5) is 12.3. The molecule has 0 radical (unpaired) electrons. The Hall–Kier alpha value is -0.780. The van der Waals surface area contributed by atoms with E-state index in [0.717, 1.165) is 11.3 Å². The normalized spacial score (nSPS) is 9.67. The highest BCUT2D eigenvalue weighted by Crippen LogP contribution is 2.18. The molecule has 0 aromatic heterocycles. The van der Waals surface area contributed by atoms with E-state index in [9.17, 15) is 9.18 Å². The Labute approximate surface area is 117 Å². The molecule has 1 rings (SSSR count). The van der Waals surface area contributed by atoms with Crippen LogP contribution in [0.2, 0.25) is 0 Å². The molecule has 0 heterocycles. The molecule has 0 spiro atoms. The fourth-order valence-corrected chi connectivity index (χ4v) is 2.06. The summed E-state index contributed by atoms with van der Waals surface area (Å²) in [6, 6.07) is 6.27. The van der Waals surface area contributed by atoms with Crippen LogP contribution in [0.15, 0.2) is 29.2 Å². The zero-order valence-corrected chi connectivity index (χ0v) is 11.7. The van der Waals surface area contributed by atoms with Gasteiger partial charge in [-0.2, -0.15) is 0 Å². The summed E-state index contributed by atoms with van der Waals surface area (Å²) in [5.41, 5.74) is 5.32. The topological polar surface area (TPSA) is 55.1 Å². The molecule has 0 atom stereocenters. The van der Waals surface area contributed by atoms with Crippen molar-refractivity contribution in [3.63, 3.8) is 0 Å². The van der Waals surface area contributed by atoms with Gasteiger partial charge in [0.05, 0.1) is 0 Å². The van der Waals surface area contributed by atoms with Crippen LogP contribution in [0, 0.1) is 5.82 Å². The van der Waals surface area contributed by atoms with Crippen LogP contribution in [0.25, 0.3) is 0 Å². The second-order valence-electron chi connectivity index (χ2n) is 3.54. The number of carbonyl (C=O) groups is 1. The van der Waals surface area contributed by atoms with E-state index in [-0.39, 0.29) is 24.1 Å². The molecule has 18 heavy (non-hydrogen) atoms. The number of rotatable bonds is 7. The van der Waals surface area contributed by atoms with E-state index in [0.29, 0.717) is 25.3 Å². The van der Waals surface area contributed by atoms with Crippen molar-refractivity contribution in [2.24, 2.45) is 5.73 Å². The molecule has 102 valence electrons. The fourth-order valence-electron chi connectivity index (χ4n) is 1.21. The molecule has 0 aliphatic rings. The molecule has 0 bridgehead atoms. The molecule has 0 unspecified atom stereocenters. The monoisotopic (exact) mass is 292 g/mol. The van der Waals surface area contributed by atoms with Crippen LogP contribution in [0.3, 0.4) is 0 Å². The summed E-state index contributed by atoms with van der Waals surface area (Å²) in [6.07, 6.45) is 1.27. The van der Waals surface area contributed by atoms with E-state index in [4.69, 9.17) is 5.73 Å². The van der Waals surface area contributed by atoms with Crippen LogP contribution in [-0.4, -0.2) is 24.7 Å². The number of nitrogens with one attached hydrogen (secondary N) is 1. The number of hydrogen-bond donors (Lipinski definition) is 2. The lowest BCUT2D eigenvalue weighted by Crippen LogP contribution is -2.26. The molecule has 1 aromatic rings. The van der Waals surface area contributed by atoms with Crippen molar-refractivity contribution in [1.29, 1.82) is 0 Å². The summed E-state index contributed by atoms with van der Waals surface area (Å²) in [5.74, 6) is 0.488. The average molecular weight is 293 g/mol. The van der Waals surface area contributed by atoms with Crippen LogP contribution < -0.4 is 11.1 Å². The molecule has 0 aliphatic heterocycles. The molecule has 3 N–H and O–H groups in total. The standard InChI is InChI=1S/C12H17FN2OS.ClH/c13-10-2-4-11(5-3-10)17-9-6-12(16)15-8-1-7-14;/h2-5H,1,6-9,14H2,(H,15,16);1H. The lowest BCUT2D eigenvalue weighted by atomic mass is 10.3. The van der Waals surface area contributed by atoms with Crippen LogP contribution in [0.5, 0.6) is 0 Å². The predicted octanol–water partition coefficient (Wildman–Crippen LogP) is 2.19. The van der Waals surface area contributed by atoms with Crippen molar-refractivity contribution < 1.29 is 9.18 Å².